The number of aliphatic hydroxyl groups is 1. The molecule has 3 heterocycles. The summed E-state index contributed by atoms with van der Waals surface area (Å²) in [5.74, 6) is 0.228. The Morgan fingerprint density at radius 1 is 1.11 bits per heavy atom. The molecular formula is C24H17ClN8O4. The van der Waals surface area contributed by atoms with Gasteiger partial charge in [-0.25, -0.2) is 4.79 Å². The lowest BCUT2D eigenvalue weighted by Gasteiger charge is -2.18. The Labute approximate surface area is 213 Å². The van der Waals surface area contributed by atoms with Gasteiger partial charge < -0.3 is 14.6 Å². The smallest absolute Gasteiger partial charge is 0.409 e. The first-order valence-electron chi connectivity index (χ1n) is 11.1. The van der Waals surface area contributed by atoms with E-state index in [0.29, 0.717) is 34.8 Å². The fourth-order valence-electron chi connectivity index (χ4n) is 4.40. The zero-order valence-corrected chi connectivity index (χ0v) is 19.7. The maximum atomic E-state index is 11.5. The summed E-state index contributed by atoms with van der Waals surface area (Å²) in [4.78, 5) is 15.4. The Balaban J connectivity index is 1.32. The number of hydrogen-bond donors (Lipinski definition) is 3. The number of pyridine rings is 1. The Bertz CT molecular complexity index is 1620. The molecule has 0 aliphatic heterocycles. The van der Waals surface area contributed by atoms with Crippen LogP contribution in [0.5, 0.6) is 0 Å². The molecule has 0 fully saturated rings. The molecule has 5 aromatic rings. The molecule has 6 rings (SSSR count). The first-order chi connectivity index (χ1) is 17.9. The number of aryl methyl sites for hydroxylation is 1. The number of nitrogens with one attached hydrogen (secondary N) is 1. The molecule has 0 spiro atoms. The molecule has 0 saturated heterocycles. The topological polar surface area (TPSA) is 165 Å². The van der Waals surface area contributed by atoms with Gasteiger partial charge in [-0.1, -0.05) is 11.6 Å². The third-order valence-corrected chi connectivity index (χ3v) is 6.38. The summed E-state index contributed by atoms with van der Waals surface area (Å²) in [6.45, 7) is 0. The SMILES string of the molecule is O=C(O)Nc1ccc(-c2nnc(C3(O)CCc4cc(-c5cc(Cl)ccc5-n5cnnn5)cnc43)o2)cc1. The van der Waals surface area contributed by atoms with Crippen molar-refractivity contribution in [3.8, 4) is 28.3 Å². The molecule has 37 heavy (non-hydrogen) atoms. The van der Waals surface area contributed by atoms with Crippen LogP contribution in [0.2, 0.25) is 5.02 Å². The van der Waals surface area contributed by atoms with E-state index in [4.69, 9.17) is 21.1 Å². The van der Waals surface area contributed by atoms with E-state index >= 15 is 0 Å². The molecule has 184 valence electrons. The van der Waals surface area contributed by atoms with Crippen molar-refractivity contribution in [3.63, 3.8) is 0 Å². The summed E-state index contributed by atoms with van der Waals surface area (Å²) in [7, 11) is 0. The minimum Gasteiger partial charge on any atom is -0.465 e. The van der Waals surface area contributed by atoms with Gasteiger partial charge in [0.15, 0.2) is 5.60 Å². The molecule has 13 heteroatoms. The van der Waals surface area contributed by atoms with E-state index < -0.39 is 11.7 Å². The summed E-state index contributed by atoms with van der Waals surface area (Å²) in [6, 6.07) is 13.8. The van der Waals surface area contributed by atoms with Crippen LogP contribution in [-0.4, -0.2) is 51.7 Å². The zero-order chi connectivity index (χ0) is 25.6. The standard InChI is InChI=1S/C24H17ClN8O4/c25-16-3-6-19(33-12-27-31-32-33)18(10-16)15-9-14-7-8-24(36,20(14)26-11-15)22-30-29-21(37-22)13-1-4-17(5-2-13)28-23(34)35/h1-6,9-12,28,36H,7-8H2,(H,34,35). The van der Waals surface area contributed by atoms with Crippen molar-refractivity contribution < 1.29 is 19.4 Å². The molecule has 0 radical (unpaired) electrons. The van der Waals surface area contributed by atoms with Crippen LogP contribution in [0.15, 0.2) is 65.5 Å². The summed E-state index contributed by atoms with van der Waals surface area (Å²) in [5.41, 5.74) is 3.03. The van der Waals surface area contributed by atoms with E-state index in [0.717, 1.165) is 22.4 Å². The minimum absolute atomic E-state index is 0.0337. The second-order valence-corrected chi connectivity index (χ2v) is 8.86. The van der Waals surface area contributed by atoms with E-state index in [9.17, 15) is 9.90 Å². The van der Waals surface area contributed by atoms with Crippen LogP contribution in [0.3, 0.4) is 0 Å². The molecule has 0 bridgehead atoms. The van der Waals surface area contributed by atoms with Gasteiger partial charge in [-0.3, -0.25) is 10.3 Å². The molecule has 12 nitrogen and oxygen atoms in total. The normalized spacial score (nSPS) is 16.5. The monoisotopic (exact) mass is 516 g/mol. The third-order valence-electron chi connectivity index (χ3n) is 6.14. The number of anilines is 1. The summed E-state index contributed by atoms with van der Waals surface area (Å²) in [5, 5.41) is 42.8. The van der Waals surface area contributed by atoms with Crippen molar-refractivity contribution in [1.29, 1.82) is 0 Å². The van der Waals surface area contributed by atoms with E-state index in [1.807, 2.05) is 18.2 Å². The maximum absolute atomic E-state index is 11.5. The van der Waals surface area contributed by atoms with Gasteiger partial charge in [-0.15, -0.1) is 15.3 Å². The Kier molecular flexibility index (Phi) is 5.39. The average molecular weight is 517 g/mol. The Morgan fingerprint density at radius 3 is 2.70 bits per heavy atom. The molecule has 1 amide bonds. The lowest BCUT2D eigenvalue weighted by Crippen LogP contribution is -2.25. The van der Waals surface area contributed by atoms with Gasteiger partial charge in [-0.2, -0.15) is 4.68 Å². The summed E-state index contributed by atoms with van der Waals surface area (Å²) >= 11 is 6.28. The number of benzene rings is 2. The van der Waals surface area contributed by atoms with E-state index in [2.05, 4.69) is 36.0 Å². The quantitative estimate of drug-likeness (QED) is 0.313. The van der Waals surface area contributed by atoms with Gasteiger partial charge in [-0.05, 0) is 77.4 Å². The fraction of sp³-hybridized carbons (Fsp3) is 0.125. The van der Waals surface area contributed by atoms with E-state index in [1.165, 1.54) is 6.33 Å². The van der Waals surface area contributed by atoms with Crippen LogP contribution in [0.1, 0.15) is 23.6 Å². The van der Waals surface area contributed by atoms with Gasteiger partial charge >= 0.3 is 6.09 Å². The second-order valence-electron chi connectivity index (χ2n) is 8.43. The number of amides is 1. The van der Waals surface area contributed by atoms with Crippen molar-refractivity contribution >= 4 is 23.4 Å². The number of tetrazole rings is 1. The number of halogens is 1. The van der Waals surface area contributed by atoms with Gasteiger partial charge in [0, 0.05) is 33.6 Å². The molecule has 3 N–H and O–H groups in total. The number of hydrogen-bond acceptors (Lipinski definition) is 9. The maximum Gasteiger partial charge on any atom is 0.409 e. The predicted molar refractivity (Wildman–Crippen MR) is 130 cm³/mol. The second kappa shape index (κ2) is 8.76. The lowest BCUT2D eigenvalue weighted by atomic mass is 9.99. The average Bonchev–Trinajstić information content (AvgIpc) is 3.65. The van der Waals surface area contributed by atoms with Crippen LogP contribution in [0.4, 0.5) is 10.5 Å². The number of fused-ring (bicyclic) bond motifs is 1. The number of aromatic nitrogens is 7. The van der Waals surface area contributed by atoms with Crippen LogP contribution < -0.4 is 5.32 Å². The van der Waals surface area contributed by atoms with Gasteiger partial charge in [0.1, 0.15) is 6.33 Å². The largest absolute Gasteiger partial charge is 0.465 e. The highest BCUT2D eigenvalue weighted by Gasteiger charge is 2.45. The highest BCUT2D eigenvalue weighted by Crippen LogP contribution is 2.42. The molecule has 1 aliphatic rings. The number of rotatable bonds is 5. The molecule has 1 atom stereocenters. The van der Waals surface area contributed by atoms with Gasteiger partial charge in [0.05, 0.1) is 11.4 Å². The van der Waals surface area contributed by atoms with Crippen LogP contribution in [-0.2, 0) is 12.0 Å². The molecule has 1 unspecified atom stereocenters. The van der Waals surface area contributed by atoms with E-state index in [1.54, 1.807) is 41.2 Å². The zero-order valence-electron chi connectivity index (χ0n) is 18.9. The molecule has 0 saturated carbocycles. The molecular weight excluding hydrogens is 500 g/mol. The van der Waals surface area contributed by atoms with Crippen molar-refractivity contribution in [1.82, 2.24) is 35.4 Å². The number of nitrogens with zero attached hydrogens (tertiary/aromatic N) is 7. The predicted octanol–water partition coefficient (Wildman–Crippen LogP) is 3.70. The van der Waals surface area contributed by atoms with Gasteiger partial charge in [0.2, 0.25) is 5.89 Å². The van der Waals surface area contributed by atoms with Crippen LogP contribution in [0, 0.1) is 0 Å². The van der Waals surface area contributed by atoms with Crippen molar-refractivity contribution in [3.05, 3.63) is 83.2 Å². The van der Waals surface area contributed by atoms with Crippen molar-refractivity contribution in [2.24, 2.45) is 0 Å². The van der Waals surface area contributed by atoms with E-state index in [-0.39, 0.29) is 11.8 Å². The first kappa shape index (κ1) is 22.8. The first-order valence-corrected chi connectivity index (χ1v) is 11.5. The highest BCUT2D eigenvalue weighted by molar-refractivity contribution is 6.31. The van der Waals surface area contributed by atoms with Crippen molar-refractivity contribution in [2.75, 3.05) is 5.32 Å². The van der Waals surface area contributed by atoms with Crippen molar-refractivity contribution in [2.45, 2.75) is 18.4 Å². The molecule has 1 aliphatic carbocycles. The third kappa shape index (κ3) is 4.07. The Hall–Kier alpha value is -4.68. The molecule has 2 aromatic carbocycles. The lowest BCUT2D eigenvalue weighted by molar-refractivity contribution is 0.0496. The minimum atomic E-state index is -1.54. The van der Waals surface area contributed by atoms with Crippen LogP contribution >= 0.6 is 11.6 Å². The van der Waals surface area contributed by atoms with Gasteiger partial charge in [0.25, 0.3) is 5.89 Å². The Morgan fingerprint density at radius 2 is 1.95 bits per heavy atom. The van der Waals surface area contributed by atoms with Crippen LogP contribution in [0.25, 0.3) is 28.3 Å². The summed E-state index contributed by atoms with van der Waals surface area (Å²) < 4.78 is 7.38. The fourth-order valence-corrected chi connectivity index (χ4v) is 4.57. The number of carbonyl (C=O) groups is 1. The number of carboxylic acid groups (broad SMARTS) is 1. The molecule has 3 aromatic heterocycles. The summed E-state index contributed by atoms with van der Waals surface area (Å²) in [6.07, 6.45) is 2.85. The highest BCUT2D eigenvalue weighted by atomic mass is 35.5.